The number of nitrogens with zero attached hydrogens (tertiary/aromatic N) is 1. The van der Waals surface area contributed by atoms with Gasteiger partial charge in [0.2, 0.25) is 0 Å². The van der Waals surface area contributed by atoms with Crippen LogP contribution in [-0.2, 0) is 6.54 Å². The molecule has 3 rings (SSSR count). The van der Waals surface area contributed by atoms with Crippen molar-refractivity contribution in [2.75, 3.05) is 6.54 Å². The number of hydrogen-bond donors (Lipinski definition) is 1. The summed E-state index contributed by atoms with van der Waals surface area (Å²) in [6.45, 7) is 2.05. The molecular weight excluding hydrogens is 244 g/mol. The van der Waals surface area contributed by atoms with E-state index in [1.54, 1.807) is 6.26 Å². The van der Waals surface area contributed by atoms with Gasteiger partial charge in [-0.15, -0.1) is 0 Å². The molecule has 0 aliphatic heterocycles. The van der Waals surface area contributed by atoms with Crippen molar-refractivity contribution in [2.24, 2.45) is 11.1 Å². The normalized spacial score (nSPS) is 21.2. The van der Waals surface area contributed by atoms with Gasteiger partial charge in [0.15, 0.2) is 0 Å². The minimum absolute atomic E-state index is 0.376. The first-order valence-electron chi connectivity index (χ1n) is 6.72. The Hall–Kier alpha value is -0.870. The molecule has 2 fully saturated rings. The largest absolute Gasteiger partial charge is 0.468 e. The fourth-order valence-electron chi connectivity index (χ4n) is 2.72. The minimum atomic E-state index is 0.376. The van der Waals surface area contributed by atoms with Crippen LogP contribution in [0.2, 0.25) is 0 Å². The molecule has 2 N–H and O–H groups in total. The van der Waals surface area contributed by atoms with E-state index in [9.17, 15) is 0 Å². The Morgan fingerprint density at radius 2 is 2.28 bits per heavy atom. The summed E-state index contributed by atoms with van der Waals surface area (Å²) in [5.74, 6) is 1.06. The Balaban J connectivity index is 1.62. The molecule has 18 heavy (non-hydrogen) atoms. The molecule has 2 saturated carbocycles. The van der Waals surface area contributed by atoms with E-state index in [-0.39, 0.29) is 0 Å². The van der Waals surface area contributed by atoms with E-state index in [2.05, 4.69) is 11.0 Å². The maximum atomic E-state index is 5.72. The lowest BCUT2D eigenvalue weighted by atomic mass is 10.0. The molecule has 0 saturated heterocycles. The summed E-state index contributed by atoms with van der Waals surface area (Å²) in [5.41, 5.74) is 6.09. The highest BCUT2D eigenvalue weighted by Crippen LogP contribution is 2.50. The van der Waals surface area contributed by atoms with Gasteiger partial charge < -0.3 is 10.2 Å². The highest BCUT2D eigenvalue weighted by molar-refractivity contribution is 7.80. The second-order valence-electron chi connectivity index (χ2n) is 5.86. The Kier molecular flexibility index (Phi) is 3.16. The first-order valence-corrected chi connectivity index (χ1v) is 7.12. The van der Waals surface area contributed by atoms with Gasteiger partial charge in [-0.1, -0.05) is 12.2 Å². The van der Waals surface area contributed by atoms with Crippen molar-refractivity contribution in [3.63, 3.8) is 0 Å². The van der Waals surface area contributed by atoms with E-state index in [0.29, 0.717) is 10.4 Å². The summed E-state index contributed by atoms with van der Waals surface area (Å²) < 4.78 is 5.47. The highest BCUT2D eigenvalue weighted by atomic mass is 32.1. The van der Waals surface area contributed by atoms with E-state index in [1.807, 2.05) is 6.07 Å². The fraction of sp³-hybridized carbons (Fsp3) is 0.643. The van der Waals surface area contributed by atoms with Crippen LogP contribution in [0.5, 0.6) is 0 Å². The summed E-state index contributed by atoms with van der Waals surface area (Å²) in [6.07, 6.45) is 7.84. The van der Waals surface area contributed by atoms with Crippen molar-refractivity contribution in [3.8, 4) is 0 Å². The average Bonchev–Trinajstić information content (AvgIpc) is 3.21. The molecule has 1 aromatic heterocycles. The van der Waals surface area contributed by atoms with Crippen LogP contribution < -0.4 is 5.73 Å². The molecule has 1 heterocycles. The van der Waals surface area contributed by atoms with Gasteiger partial charge in [0.25, 0.3) is 0 Å². The average molecular weight is 264 g/mol. The zero-order valence-corrected chi connectivity index (χ0v) is 11.4. The standard InChI is InChI=1S/C14H20N2OS/c15-13(18)8-14(5-6-14)10-16(11-3-4-11)9-12-2-1-7-17-12/h1-2,7,11H,3-6,8-10H2,(H2,15,18). The van der Waals surface area contributed by atoms with E-state index in [4.69, 9.17) is 22.4 Å². The molecule has 0 spiro atoms. The lowest BCUT2D eigenvalue weighted by Gasteiger charge is -2.26. The number of thiocarbonyl (C=S) groups is 1. The van der Waals surface area contributed by atoms with E-state index >= 15 is 0 Å². The molecule has 4 heteroatoms. The van der Waals surface area contributed by atoms with E-state index in [1.165, 1.54) is 25.7 Å². The van der Waals surface area contributed by atoms with Gasteiger partial charge in [0, 0.05) is 19.0 Å². The molecule has 98 valence electrons. The van der Waals surface area contributed by atoms with Gasteiger partial charge in [-0.25, -0.2) is 0 Å². The zero-order valence-electron chi connectivity index (χ0n) is 10.6. The highest BCUT2D eigenvalue weighted by Gasteiger charge is 2.46. The van der Waals surface area contributed by atoms with Crippen molar-refractivity contribution in [2.45, 2.75) is 44.7 Å². The number of hydrogen-bond acceptors (Lipinski definition) is 3. The number of nitrogens with two attached hydrogens (primary N) is 1. The lowest BCUT2D eigenvalue weighted by Crippen LogP contribution is -2.33. The second kappa shape index (κ2) is 4.67. The molecule has 2 aliphatic carbocycles. The minimum Gasteiger partial charge on any atom is -0.468 e. The van der Waals surface area contributed by atoms with Crippen LogP contribution in [0.1, 0.15) is 37.9 Å². The predicted octanol–water partition coefficient (Wildman–Crippen LogP) is 2.70. The fourth-order valence-corrected chi connectivity index (χ4v) is 3.03. The van der Waals surface area contributed by atoms with Crippen LogP contribution >= 0.6 is 12.2 Å². The van der Waals surface area contributed by atoms with Crippen molar-refractivity contribution < 1.29 is 4.42 Å². The number of rotatable bonds is 7. The summed E-state index contributed by atoms with van der Waals surface area (Å²) in [6, 6.07) is 4.77. The molecule has 0 atom stereocenters. The summed E-state index contributed by atoms with van der Waals surface area (Å²) in [7, 11) is 0. The monoisotopic (exact) mass is 264 g/mol. The van der Waals surface area contributed by atoms with Gasteiger partial charge in [0.05, 0.1) is 17.8 Å². The van der Waals surface area contributed by atoms with Crippen LogP contribution in [0.3, 0.4) is 0 Å². The van der Waals surface area contributed by atoms with Crippen molar-refractivity contribution in [3.05, 3.63) is 24.2 Å². The van der Waals surface area contributed by atoms with Gasteiger partial charge >= 0.3 is 0 Å². The first kappa shape index (κ1) is 12.2. The lowest BCUT2D eigenvalue weighted by molar-refractivity contribution is 0.190. The molecule has 2 aliphatic rings. The molecule has 0 radical (unpaired) electrons. The van der Waals surface area contributed by atoms with Crippen LogP contribution in [0, 0.1) is 5.41 Å². The Labute approximate surface area is 113 Å². The summed E-state index contributed by atoms with van der Waals surface area (Å²) in [5, 5.41) is 0. The maximum absolute atomic E-state index is 5.72. The third-order valence-corrected chi connectivity index (χ3v) is 4.19. The molecule has 0 bridgehead atoms. The van der Waals surface area contributed by atoms with E-state index < -0.39 is 0 Å². The first-order chi connectivity index (χ1) is 8.67. The van der Waals surface area contributed by atoms with Crippen molar-refractivity contribution in [1.82, 2.24) is 4.90 Å². The Bertz CT molecular complexity index is 421. The third kappa shape index (κ3) is 2.93. The Morgan fingerprint density at radius 3 is 2.78 bits per heavy atom. The molecule has 1 aromatic rings. The number of furan rings is 1. The van der Waals surface area contributed by atoms with E-state index in [0.717, 1.165) is 31.3 Å². The van der Waals surface area contributed by atoms with Crippen LogP contribution in [0.15, 0.2) is 22.8 Å². The quantitative estimate of drug-likeness (QED) is 0.769. The molecule has 3 nitrogen and oxygen atoms in total. The molecule has 0 unspecified atom stereocenters. The molecule has 0 amide bonds. The summed E-state index contributed by atoms with van der Waals surface area (Å²) >= 11 is 5.07. The third-order valence-electron chi connectivity index (χ3n) is 4.05. The van der Waals surface area contributed by atoms with Crippen molar-refractivity contribution >= 4 is 17.2 Å². The SMILES string of the molecule is NC(=S)CC1(CN(Cc2ccco2)C2CC2)CC1. The Morgan fingerprint density at radius 1 is 1.50 bits per heavy atom. The smallest absolute Gasteiger partial charge is 0.117 e. The van der Waals surface area contributed by atoms with Crippen LogP contribution in [-0.4, -0.2) is 22.5 Å². The second-order valence-corrected chi connectivity index (χ2v) is 6.38. The predicted molar refractivity (Wildman–Crippen MR) is 75.2 cm³/mol. The zero-order chi connectivity index (χ0) is 12.6. The van der Waals surface area contributed by atoms with Gasteiger partial charge in [-0.05, 0) is 43.2 Å². The molecular formula is C14H20N2OS. The maximum Gasteiger partial charge on any atom is 0.117 e. The van der Waals surface area contributed by atoms with Crippen LogP contribution in [0.4, 0.5) is 0 Å². The topological polar surface area (TPSA) is 42.4 Å². The van der Waals surface area contributed by atoms with Gasteiger partial charge in [-0.2, -0.15) is 0 Å². The van der Waals surface area contributed by atoms with Gasteiger partial charge in [-0.3, -0.25) is 4.90 Å². The van der Waals surface area contributed by atoms with Crippen LogP contribution in [0.25, 0.3) is 0 Å². The van der Waals surface area contributed by atoms with Gasteiger partial charge in [0.1, 0.15) is 5.76 Å². The molecule has 0 aromatic carbocycles. The van der Waals surface area contributed by atoms with Crippen molar-refractivity contribution in [1.29, 1.82) is 0 Å². The summed E-state index contributed by atoms with van der Waals surface area (Å²) in [4.78, 5) is 3.23.